The van der Waals surface area contributed by atoms with E-state index in [4.69, 9.17) is 16.3 Å². The molecule has 0 aliphatic heterocycles. The summed E-state index contributed by atoms with van der Waals surface area (Å²) in [5.41, 5.74) is 0.528. The van der Waals surface area contributed by atoms with Gasteiger partial charge in [-0.1, -0.05) is 15.9 Å². The number of hydrogen-bond donors (Lipinski definition) is 1. The maximum absolute atomic E-state index is 12.0. The highest BCUT2D eigenvalue weighted by Gasteiger charge is 2.29. The van der Waals surface area contributed by atoms with Crippen LogP contribution in [0.5, 0.6) is 5.75 Å². The van der Waals surface area contributed by atoms with E-state index >= 15 is 0 Å². The van der Waals surface area contributed by atoms with Crippen LogP contribution in [0.3, 0.4) is 0 Å². The first-order valence-electron chi connectivity index (χ1n) is 5.87. The molecule has 1 atom stereocenters. The van der Waals surface area contributed by atoms with Crippen molar-refractivity contribution in [2.24, 2.45) is 5.92 Å². The number of benzene rings is 1. The molecule has 1 amide bonds. The van der Waals surface area contributed by atoms with Crippen molar-refractivity contribution >= 4 is 33.4 Å². The monoisotopic (exact) mass is 331 g/mol. The van der Waals surface area contributed by atoms with Gasteiger partial charge < -0.3 is 10.1 Å². The van der Waals surface area contributed by atoms with E-state index in [0.717, 1.165) is 4.47 Å². The van der Waals surface area contributed by atoms with E-state index in [-0.39, 0.29) is 11.3 Å². The van der Waals surface area contributed by atoms with Crippen LogP contribution in [0.2, 0.25) is 0 Å². The summed E-state index contributed by atoms with van der Waals surface area (Å²) < 4.78 is 6.07. The fourth-order valence-electron chi connectivity index (χ4n) is 1.76. The Balaban J connectivity index is 1.99. The molecule has 0 spiro atoms. The van der Waals surface area contributed by atoms with Crippen LogP contribution >= 0.6 is 27.5 Å². The van der Waals surface area contributed by atoms with E-state index in [9.17, 15) is 4.79 Å². The molecule has 0 heterocycles. The van der Waals surface area contributed by atoms with Gasteiger partial charge in [0.2, 0.25) is 0 Å². The molecule has 2 rings (SSSR count). The zero-order valence-corrected chi connectivity index (χ0v) is 12.4. The number of hydrogen-bond acceptors (Lipinski definition) is 2. The van der Waals surface area contributed by atoms with E-state index in [2.05, 4.69) is 21.2 Å². The third kappa shape index (κ3) is 3.39. The Kier molecular flexibility index (Phi) is 4.51. The average Bonchev–Trinajstić information content (AvgIpc) is 3.19. The zero-order chi connectivity index (χ0) is 13.1. The Morgan fingerprint density at radius 1 is 1.61 bits per heavy atom. The minimum atomic E-state index is -0.148. The first-order valence-corrected chi connectivity index (χ1v) is 7.10. The third-order valence-corrected chi connectivity index (χ3v) is 4.00. The standard InChI is InChI=1S/C13H15BrClNO2/c1-18-12-6-9(14)4-5-10(12)13(17)16-7-11(15)8-2-3-8/h4-6,8,11H,2-3,7H2,1H3,(H,16,17). The lowest BCUT2D eigenvalue weighted by molar-refractivity contribution is 0.0950. The quantitative estimate of drug-likeness (QED) is 0.841. The second kappa shape index (κ2) is 5.93. The number of nitrogens with one attached hydrogen (secondary N) is 1. The predicted octanol–water partition coefficient (Wildman–Crippen LogP) is 3.20. The van der Waals surface area contributed by atoms with E-state index < -0.39 is 0 Å². The molecule has 1 aliphatic carbocycles. The molecule has 1 aromatic rings. The highest BCUT2D eigenvalue weighted by atomic mass is 79.9. The average molecular weight is 333 g/mol. The number of carbonyl (C=O) groups excluding carboxylic acids is 1. The highest BCUT2D eigenvalue weighted by molar-refractivity contribution is 9.10. The fourth-order valence-corrected chi connectivity index (χ4v) is 2.43. The van der Waals surface area contributed by atoms with Gasteiger partial charge in [-0.05, 0) is 37.0 Å². The molecule has 5 heteroatoms. The molecule has 1 aliphatic rings. The molecule has 1 fully saturated rings. The van der Waals surface area contributed by atoms with Crippen LogP contribution in [0, 0.1) is 5.92 Å². The predicted molar refractivity (Wildman–Crippen MR) is 75.4 cm³/mol. The van der Waals surface area contributed by atoms with Gasteiger partial charge in [-0.15, -0.1) is 11.6 Å². The summed E-state index contributed by atoms with van der Waals surface area (Å²) in [4.78, 5) is 12.0. The number of alkyl halides is 1. The van der Waals surface area contributed by atoms with Crippen LogP contribution in [0.1, 0.15) is 23.2 Å². The van der Waals surface area contributed by atoms with Gasteiger partial charge in [-0.3, -0.25) is 4.79 Å². The van der Waals surface area contributed by atoms with Crippen LogP contribution in [-0.4, -0.2) is 24.9 Å². The molecule has 0 saturated heterocycles. The Labute approximate surface area is 120 Å². The topological polar surface area (TPSA) is 38.3 Å². The number of rotatable bonds is 5. The maximum atomic E-state index is 12.0. The van der Waals surface area contributed by atoms with Crippen LogP contribution in [0.15, 0.2) is 22.7 Å². The Morgan fingerprint density at radius 3 is 2.94 bits per heavy atom. The Morgan fingerprint density at radius 2 is 2.33 bits per heavy atom. The van der Waals surface area contributed by atoms with Gasteiger partial charge >= 0.3 is 0 Å². The number of methoxy groups -OCH3 is 1. The molecular weight excluding hydrogens is 318 g/mol. The molecular formula is C13H15BrClNO2. The summed E-state index contributed by atoms with van der Waals surface area (Å²) in [5, 5.41) is 2.89. The fraction of sp³-hybridized carbons (Fsp3) is 0.462. The molecule has 98 valence electrons. The molecule has 1 aromatic carbocycles. The number of amides is 1. The van der Waals surface area contributed by atoms with Crippen molar-refractivity contribution in [2.75, 3.05) is 13.7 Å². The van der Waals surface area contributed by atoms with Crippen LogP contribution < -0.4 is 10.1 Å². The van der Waals surface area contributed by atoms with Crippen molar-refractivity contribution in [3.8, 4) is 5.75 Å². The van der Waals surface area contributed by atoms with Gasteiger partial charge in [0, 0.05) is 11.0 Å². The summed E-state index contributed by atoms with van der Waals surface area (Å²) in [6.07, 6.45) is 2.34. The van der Waals surface area contributed by atoms with Crippen LogP contribution in [-0.2, 0) is 0 Å². The van der Waals surface area contributed by atoms with Gasteiger partial charge in [0.25, 0.3) is 5.91 Å². The lowest BCUT2D eigenvalue weighted by atomic mass is 10.2. The van der Waals surface area contributed by atoms with Gasteiger partial charge in [-0.2, -0.15) is 0 Å². The number of halogens is 2. The minimum absolute atomic E-state index is 0.0374. The lowest BCUT2D eigenvalue weighted by Crippen LogP contribution is -2.30. The third-order valence-electron chi connectivity index (χ3n) is 3.00. The maximum Gasteiger partial charge on any atom is 0.255 e. The molecule has 1 N–H and O–H groups in total. The summed E-state index contributed by atoms with van der Waals surface area (Å²) in [6, 6.07) is 5.32. The molecule has 1 saturated carbocycles. The van der Waals surface area contributed by atoms with Gasteiger partial charge in [0.1, 0.15) is 5.75 Å². The highest BCUT2D eigenvalue weighted by Crippen LogP contribution is 2.35. The summed E-state index contributed by atoms with van der Waals surface area (Å²) in [7, 11) is 1.55. The summed E-state index contributed by atoms with van der Waals surface area (Å²) in [6.45, 7) is 0.504. The van der Waals surface area contributed by atoms with Crippen molar-refractivity contribution in [1.82, 2.24) is 5.32 Å². The summed E-state index contributed by atoms with van der Waals surface area (Å²) >= 11 is 9.50. The Hall–Kier alpha value is -0.740. The zero-order valence-electron chi connectivity index (χ0n) is 10.1. The van der Waals surface area contributed by atoms with Crippen molar-refractivity contribution < 1.29 is 9.53 Å². The SMILES string of the molecule is COc1cc(Br)ccc1C(=O)NCC(Cl)C1CC1. The van der Waals surface area contributed by atoms with Crippen molar-refractivity contribution in [3.05, 3.63) is 28.2 Å². The molecule has 18 heavy (non-hydrogen) atoms. The van der Waals surface area contributed by atoms with Crippen LogP contribution in [0.4, 0.5) is 0 Å². The number of carbonyl (C=O) groups is 1. The van der Waals surface area contributed by atoms with Crippen molar-refractivity contribution in [2.45, 2.75) is 18.2 Å². The first kappa shape index (κ1) is 13.7. The summed E-state index contributed by atoms with van der Waals surface area (Å²) in [5.74, 6) is 0.976. The van der Waals surface area contributed by atoms with E-state index in [1.165, 1.54) is 12.8 Å². The van der Waals surface area contributed by atoms with Crippen LogP contribution in [0.25, 0.3) is 0 Å². The minimum Gasteiger partial charge on any atom is -0.496 e. The normalized spacial score (nSPS) is 16.2. The second-order valence-electron chi connectivity index (χ2n) is 4.41. The molecule has 0 radical (unpaired) electrons. The van der Waals surface area contributed by atoms with Gasteiger partial charge in [0.15, 0.2) is 0 Å². The van der Waals surface area contributed by atoms with E-state index in [1.807, 2.05) is 6.07 Å². The van der Waals surface area contributed by atoms with Crippen molar-refractivity contribution in [1.29, 1.82) is 0 Å². The van der Waals surface area contributed by atoms with Gasteiger partial charge in [0.05, 0.1) is 18.1 Å². The molecule has 1 unspecified atom stereocenters. The molecule has 3 nitrogen and oxygen atoms in total. The smallest absolute Gasteiger partial charge is 0.255 e. The lowest BCUT2D eigenvalue weighted by Gasteiger charge is -2.12. The van der Waals surface area contributed by atoms with Crippen molar-refractivity contribution in [3.63, 3.8) is 0 Å². The Bertz CT molecular complexity index is 449. The molecule has 0 aromatic heterocycles. The number of ether oxygens (including phenoxy) is 1. The first-order chi connectivity index (χ1) is 8.61. The van der Waals surface area contributed by atoms with E-state index in [0.29, 0.717) is 23.8 Å². The molecule has 0 bridgehead atoms. The van der Waals surface area contributed by atoms with Gasteiger partial charge in [-0.25, -0.2) is 0 Å². The second-order valence-corrected chi connectivity index (χ2v) is 5.88. The largest absolute Gasteiger partial charge is 0.496 e. The van der Waals surface area contributed by atoms with E-state index in [1.54, 1.807) is 19.2 Å².